The predicted octanol–water partition coefficient (Wildman–Crippen LogP) is 0.554. The Morgan fingerprint density at radius 3 is 2.92 bits per heavy atom. The van der Waals surface area contributed by atoms with Crippen LogP contribution in [0.15, 0.2) is 24.5 Å². The van der Waals surface area contributed by atoms with Crippen molar-refractivity contribution in [3.63, 3.8) is 0 Å². The molecule has 0 bridgehead atoms. The molecular formula is C17H16BN3O5. The fraction of sp³-hybridized carbons (Fsp3) is 0.294. The molecule has 0 saturated heterocycles. The van der Waals surface area contributed by atoms with Crippen molar-refractivity contribution in [1.82, 2.24) is 9.97 Å². The average molecular weight is 353 g/mol. The number of hydrogen-bond donors (Lipinski definition) is 1. The van der Waals surface area contributed by atoms with Crippen molar-refractivity contribution < 1.29 is 24.0 Å². The van der Waals surface area contributed by atoms with Gasteiger partial charge < -0.3 is 19.2 Å². The molecule has 8 nitrogen and oxygen atoms in total. The van der Waals surface area contributed by atoms with Gasteiger partial charge in [-0.2, -0.15) is 5.26 Å². The lowest BCUT2D eigenvalue weighted by atomic mass is 9.83. The molecule has 26 heavy (non-hydrogen) atoms. The van der Waals surface area contributed by atoms with Crippen molar-refractivity contribution in [2.45, 2.75) is 26.1 Å². The van der Waals surface area contributed by atoms with Gasteiger partial charge in [0.25, 0.3) is 5.88 Å². The van der Waals surface area contributed by atoms with Crippen LogP contribution in [0, 0.1) is 18.3 Å². The molecule has 1 aromatic carbocycles. The van der Waals surface area contributed by atoms with Crippen molar-refractivity contribution in [1.29, 1.82) is 5.26 Å². The fourth-order valence-corrected chi connectivity index (χ4v) is 2.96. The van der Waals surface area contributed by atoms with Crippen molar-refractivity contribution in [3.05, 3.63) is 41.3 Å². The number of aliphatic hydroxyl groups is 1. The zero-order valence-electron chi connectivity index (χ0n) is 14.4. The van der Waals surface area contributed by atoms with E-state index in [1.807, 2.05) is 6.07 Å². The highest BCUT2D eigenvalue weighted by Crippen LogP contribution is 2.35. The van der Waals surface area contributed by atoms with Gasteiger partial charge in [0, 0.05) is 18.0 Å². The van der Waals surface area contributed by atoms with Gasteiger partial charge in [0.15, 0.2) is 5.79 Å². The summed E-state index contributed by atoms with van der Waals surface area (Å²) in [5.74, 6) is -1.74. The summed E-state index contributed by atoms with van der Waals surface area (Å²) in [4.78, 5) is 19.7. The van der Waals surface area contributed by atoms with Crippen molar-refractivity contribution >= 4 is 18.9 Å². The second-order valence-corrected chi connectivity index (χ2v) is 5.75. The largest absolute Gasteiger partial charge is 0.466 e. The molecule has 0 saturated carbocycles. The van der Waals surface area contributed by atoms with Crippen LogP contribution in [0.3, 0.4) is 0 Å². The van der Waals surface area contributed by atoms with Crippen LogP contribution in [0.4, 0.5) is 0 Å². The standard InChI is InChI=1S/C17H16BN3O5/c1-3-24-14(22)8-17(23)15-10(2)6-11(7-12(15)18-26-17)25-16-13(9-19)20-4-5-21-16/h4-7,18,23H,3,8H2,1-2H3. The lowest BCUT2D eigenvalue weighted by Gasteiger charge is -2.25. The number of hydrogen-bond acceptors (Lipinski definition) is 8. The van der Waals surface area contributed by atoms with E-state index in [1.54, 1.807) is 26.0 Å². The molecule has 0 aliphatic carbocycles. The Balaban J connectivity index is 1.90. The minimum absolute atomic E-state index is 0.0701. The third-order valence-corrected chi connectivity index (χ3v) is 3.92. The molecule has 0 amide bonds. The Kier molecular flexibility index (Phi) is 4.89. The zero-order chi connectivity index (χ0) is 18.7. The fourth-order valence-electron chi connectivity index (χ4n) is 2.96. The average Bonchev–Trinajstić information content (AvgIpc) is 2.92. The number of benzene rings is 1. The SMILES string of the molecule is CCOC(=O)CC1(O)OBc2cc(Oc3nccnc3C#N)cc(C)c21. The molecule has 1 aliphatic rings. The van der Waals surface area contributed by atoms with Crippen LogP contribution in [0.1, 0.15) is 30.2 Å². The lowest BCUT2D eigenvalue weighted by Crippen LogP contribution is -2.31. The van der Waals surface area contributed by atoms with E-state index < -0.39 is 11.8 Å². The summed E-state index contributed by atoms with van der Waals surface area (Å²) in [7, 11) is 0.120. The van der Waals surface area contributed by atoms with Gasteiger partial charge in [0.1, 0.15) is 18.2 Å². The molecule has 0 fully saturated rings. The first-order valence-electron chi connectivity index (χ1n) is 8.01. The van der Waals surface area contributed by atoms with Crippen molar-refractivity contribution in [2.24, 2.45) is 0 Å². The van der Waals surface area contributed by atoms with Crippen LogP contribution in [0.2, 0.25) is 0 Å². The highest BCUT2D eigenvalue weighted by atomic mass is 16.6. The number of ether oxygens (including phenoxy) is 2. The van der Waals surface area contributed by atoms with E-state index in [1.165, 1.54) is 12.4 Å². The van der Waals surface area contributed by atoms with Gasteiger partial charge in [0.05, 0.1) is 6.61 Å². The molecule has 1 atom stereocenters. The van der Waals surface area contributed by atoms with Crippen LogP contribution in [0.5, 0.6) is 11.6 Å². The maximum atomic E-state index is 11.8. The van der Waals surface area contributed by atoms with Gasteiger partial charge in [-0.15, -0.1) is 0 Å². The normalized spacial score (nSPS) is 17.8. The van der Waals surface area contributed by atoms with Crippen LogP contribution in [0.25, 0.3) is 0 Å². The summed E-state index contributed by atoms with van der Waals surface area (Å²) < 4.78 is 16.0. The second kappa shape index (κ2) is 7.11. The number of fused-ring (bicyclic) bond motifs is 1. The topological polar surface area (TPSA) is 115 Å². The quantitative estimate of drug-likeness (QED) is 0.612. The number of nitriles is 1. The minimum Gasteiger partial charge on any atom is -0.466 e. The van der Waals surface area contributed by atoms with E-state index in [0.29, 0.717) is 22.3 Å². The lowest BCUT2D eigenvalue weighted by molar-refractivity contribution is -0.174. The van der Waals surface area contributed by atoms with E-state index in [9.17, 15) is 9.90 Å². The van der Waals surface area contributed by atoms with Crippen molar-refractivity contribution in [3.8, 4) is 17.7 Å². The zero-order valence-corrected chi connectivity index (χ0v) is 14.4. The van der Waals surface area contributed by atoms with E-state index in [0.717, 1.165) is 0 Å². The molecule has 1 aliphatic heterocycles. The van der Waals surface area contributed by atoms with Crippen LogP contribution >= 0.6 is 0 Å². The summed E-state index contributed by atoms with van der Waals surface area (Å²) in [6.07, 6.45) is 2.54. The molecule has 3 rings (SSSR count). The van der Waals surface area contributed by atoms with E-state index in [4.69, 9.17) is 19.4 Å². The molecule has 1 aromatic heterocycles. The van der Waals surface area contributed by atoms with Gasteiger partial charge in [-0.05, 0) is 37.0 Å². The van der Waals surface area contributed by atoms with Gasteiger partial charge in [-0.1, -0.05) is 0 Å². The molecule has 0 spiro atoms. The molecule has 0 radical (unpaired) electrons. The number of rotatable bonds is 5. The summed E-state index contributed by atoms with van der Waals surface area (Å²) in [6.45, 7) is 3.70. The summed E-state index contributed by atoms with van der Waals surface area (Å²) in [6, 6.07) is 5.28. The second-order valence-electron chi connectivity index (χ2n) is 5.75. The first-order chi connectivity index (χ1) is 12.5. The van der Waals surface area contributed by atoms with E-state index >= 15 is 0 Å². The van der Waals surface area contributed by atoms with Gasteiger partial charge in [-0.25, -0.2) is 9.97 Å². The Morgan fingerprint density at radius 2 is 2.19 bits per heavy atom. The maximum Gasteiger partial charge on any atom is 0.313 e. The Hall–Kier alpha value is -2.96. The monoisotopic (exact) mass is 353 g/mol. The van der Waals surface area contributed by atoms with Crippen LogP contribution in [-0.4, -0.2) is 35.1 Å². The molecule has 2 heterocycles. The summed E-state index contributed by atoms with van der Waals surface area (Å²) in [5.41, 5.74) is 1.97. The maximum absolute atomic E-state index is 11.8. The molecular weight excluding hydrogens is 337 g/mol. The predicted molar refractivity (Wildman–Crippen MR) is 91.0 cm³/mol. The van der Waals surface area contributed by atoms with Crippen LogP contribution < -0.4 is 10.2 Å². The Labute approximate surface area is 150 Å². The number of carbonyl (C=O) groups excluding carboxylic acids is 1. The highest BCUT2D eigenvalue weighted by Gasteiger charge is 2.42. The smallest absolute Gasteiger partial charge is 0.313 e. The number of carbonyl (C=O) groups is 1. The number of esters is 1. The first kappa shape index (κ1) is 17.9. The minimum atomic E-state index is -1.73. The van der Waals surface area contributed by atoms with Crippen molar-refractivity contribution in [2.75, 3.05) is 6.61 Å². The summed E-state index contributed by atoms with van der Waals surface area (Å²) in [5, 5.41) is 19.8. The number of nitrogens with zero attached hydrogens (tertiary/aromatic N) is 3. The van der Waals surface area contributed by atoms with E-state index in [2.05, 4.69) is 9.97 Å². The van der Waals surface area contributed by atoms with Crippen LogP contribution in [-0.2, 0) is 20.0 Å². The molecule has 1 unspecified atom stereocenters. The summed E-state index contributed by atoms with van der Waals surface area (Å²) >= 11 is 0. The van der Waals surface area contributed by atoms with Gasteiger partial charge in [-0.3, -0.25) is 4.79 Å². The Bertz CT molecular complexity index is 898. The highest BCUT2D eigenvalue weighted by molar-refractivity contribution is 6.49. The third-order valence-electron chi connectivity index (χ3n) is 3.92. The van der Waals surface area contributed by atoms with Gasteiger partial charge >= 0.3 is 13.5 Å². The molecule has 9 heteroatoms. The molecule has 132 valence electrons. The molecule has 2 aromatic rings. The number of aromatic nitrogens is 2. The first-order valence-corrected chi connectivity index (χ1v) is 8.01. The van der Waals surface area contributed by atoms with E-state index in [-0.39, 0.29) is 32.1 Å². The molecule has 1 N–H and O–H groups in total. The number of aryl methyl sites for hydroxylation is 1. The van der Waals surface area contributed by atoms with Gasteiger partial charge in [0.2, 0.25) is 5.69 Å². The third kappa shape index (κ3) is 3.38. The Morgan fingerprint density at radius 1 is 1.42 bits per heavy atom.